The largest absolute Gasteiger partial charge is 0.286 e. The van der Waals surface area contributed by atoms with E-state index in [0.717, 1.165) is 19.5 Å². The van der Waals surface area contributed by atoms with Gasteiger partial charge in [-0.15, -0.1) is 0 Å². The maximum absolute atomic E-state index is 12.5. The lowest BCUT2D eigenvalue weighted by molar-refractivity contribution is -0.143. The van der Waals surface area contributed by atoms with Crippen LogP contribution in [0.5, 0.6) is 0 Å². The van der Waals surface area contributed by atoms with Crippen molar-refractivity contribution in [1.82, 2.24) is 9.80 Å². The molecule has 102 valence electrons. The Morgan fingerprint density at radius 1 is 0.947 bits per heavy atom. The van der Waals surface area contributed by atoms with Crippen LogP contribution in [-0.4, -0.2) is 41.4 Å². The minimum absolute atomic E-state index is 0.0349. The molecule has 4 heteroatoms. The molecule has 2 amide bonds. The second-order valence-corrected chi connectivity index (χ2v) is 6.42. The molecule has 2 aliphatic carbocycles. The minimum Gasteiger partial charge on any atom is -0.286 e. The van der Waals surface area contributed by atoms with Crippen molar-refractivity contribution >= 4 is 11.8 Å². The van der Waals surface area contributed by atoms with Crippen LogP contribution in [0.4, 0.5) is 0 Å². The molecule has 19 heavy (non-hydrogen) atoms. The molecular weight excluding hydrogens is 240 g/mol. The Kier molecular flexibility index (Phi) is 2.56. The van der Waals surface area contributed by atoms with Crippen molar-refractivity contribution in [3.05, 3.63) is 12.2 Å². The highest BCUT2D eigenvalue weighted by atomic mass is 16.2. The molecule has 0 radical (unpaired) electrons. The third-order valence-electron chi connectivity index (χ3n) is 5.35. The number of carbonyl (C=O) groups excluding carboxylic acids is 2. The highest BCUT2D eigenvalue weighted by Gasteiger charge is 2.59. The van der Waals surface area contributed by atoms with Crippen LogP contribution in [-0.2, 0) is 9.59 Å². The van der Waals surface area contributed by atoms with Gasteiger partial charge in [0.15, 0.2) is 0 Å². The number of imide groups is 1. The van der Waals surface area contributed by atoms with Gasteiger partial charge in [0.1, 0.15) is 0 Å². The van der Waals surface area contributed by atoms with E-state index in [9.17, 15) is 9.59 Å². The molecular formula is C15H20N2O2. The molecule has 4 atom stereocenters. The second kappa shape index (κ2) is 4.17. The van der Waals surface area contributed by atoms with Crippen LogP contribution in [0.1, 0.15) is 25.7 Å². The molecule has 4 nitrogen and oxygen atoms in total. The van der Waals surface area contributed by atoms with Gasteiger partial charge in [-0.2, -0.15) is 0 Å². The summed E-state index contributed by atoms with van der Waals surface area (Å²) in [6.45, 7) is 2.58. The molecule has 0 unspecified atom stereocenters. The maximum atomic E-state index is 12.5. The van der Waals surface area contributed by atoms with Gasteiger partial charge < -0.3 is 0 Å². The Balaban J connectivity index is 1.52. The molecule has 2 aliphatic heterocycles. The van der Waals surface area contributed by atoms with E-state index >= 15 is 0 Å². The number of amides is 2. The number of likely N-dealkylation sites (tertiary alicyclic amines) is 2. The lowest BCUT2D eigenvalue weighted by Gasteiger charge is -2.30. The number of hydrogen-bond donors (Lipinski definition) is 0. The number of allylic oxidation sites excluding steroid dienone is 2. The van der Waals surface area contributed by atoms with E-state index < -0.39 is 0 Å². The van der Waals surface area contributed by atoms with Gasteiger partial charge in [0, 0.05) is 0 Å². The molecule has 0 aromatic rings. The van der Waals surface area contributed by atoms with Crippen LogP contribution in [0.2, 0.25) is 0 Å². The molecule has 3 fully saturated rings. The van der Waals surface area contributed by atoms with E-state index in [-0.39, 0.29) is 23.7 Å². The van der Waals surface area contributed by atoms with Crippen LogP contribution in [0.15, 0.2) is 12.2 Å². The zero-order chi connectivity index (χ0) is 13.0. The summed E-state index contributed by atoms with van der Waals surface area (Å²) in [4.78, 5) is 28.8. The first kappa shape index (κ1) is 11.6. The summed E-state index contributed by atoms with van der Waals surface area (Å²) in [7, 11) is 0. The van der Waals surface area contributed by atoms with Gasteiger partial charge in [0.05, 0.1) is 18.5 Å². The second-order valence-electron chi connectivity index (χ2n) is 6.42. The summed E-state index contributed by atoms with van der Waals surface area (Å²) in [6.07, 6.45) is 8.98. The first-order valence-corrected chi connectivity index (χ1v) is 7.51. The summed E-state index contributed by atoms with van der Waals surface area (Å²) in [5.41, 5.74) is 0. The number of carbonyl (C=O) groups is 2. The average Bonchev–Trinajstić information content (AvgIpc) is 3.10. The number of hydrogen-bond acceptors (Lipinski definition) is 3. The highest BCUT2D eigenvalue weighted by molar-refractivity contribution is 6.06. The smallest absolute Gasteiger partial charge is 0.234 e. The Bertz CT molecular complexity index is 423. The molecule has 0 spiro atoms. The first-order chi connectivity index (χ1) is 9.25. The van der Waals surface area contributed by atoms with Crippen molar-refractivity contribution in [1.29, 1.82) is 0 Å². The van der Waals surface area contributed by atoms with Gasteiger partial charge in [0.25, 0.3) is 0 Å². The molecule has 4 aliphatic rings. The average molecular weight is 260 g/mol. The van der Waals surface area contributed by atoms with Crippen LogP contribution >= 0.6 is 0 Å². The third kappa shape index (κ3) is 1.62. The fourth-order valence-corrected chi connectivity index (χ4v) is 4.40. The minimum atomic E-state index is -0.0349. The Morgan fingerprint density at radius 2 is 1.53 bits per heavy atom. The lowest BCUT2D eigenvalue weighted by Crippen LogP contribution is -2.44. The fraction of sp³-hybridized carbons (Fsp3) is 0.733. The summed E-state index contributed by atoms with van der Waals surface area (Å²) in [5.74, 6) is 0.782. The Morgan fingerprint density at radius 3 is 2.11 bits per heavy atom. The van der Waals surface area contributed by atoms with Crippen molar-refractivity contribution in [2.24, 2.45) is 23.7 Å². The van der Waals surface area contributed by atoms with E-state index in [2.05, 4.69) is 17.1 Å². The standard InChI is InChI=1S/C15H20N2O2/c18-14-12-10-4-5-11(8-10)13(12)15(19)17(14)9-16-6-2-1-3-7-16/h4-5,10-13H,1-3,6-9H2/t10-,11-,12-,13+/m1/s1. The molecule has 2 saturated heterocycles. The van der Waals surface area contributed by atoms with Gasteiger partial charge in [-0.25, -0.2) is 0 Å². The van der Waals surface area contributed by atoms with Crippen LogP contribution in [0.3, 0.4) is 0 Å². The summed E-state index contributed by atoms with van der Waals surface area (Å²) in [5, 5.41) is 0. The topological polar surface area (TPSA) is 40.6 Å². The van der Waals surface area contributed by atoms with Crippen molar-refractivity contribution in [2.75, 3.05) is 19.8 Å². The van der Waals surface area contributed by atoms with Crippen LogP contribution in [0, 0.1) is 23.7 Å². The number of fused-ring (bicyclic) bond motifs is 5. The number of piperidine rings is 1. The quantitative estimate of drug-likeness (QED) is 0.554. The molecule has 1 saturated carbocycles. The van der Waals surface area contributed by atoms with Gasteiger partial charge in [0.2, 0.25) is 11.8 Å². The van der Waals surface area contributed by atoms with Gasteiger partial charge >= 0.3 is 0 Å². The fourth-order valence-electron chi connectivity index (χ4n) is 4.40. The molecule has 0 aromatic heterocycles. The Hall–Kier alpha value is -1.16. The molecule has 2 heterocycles. The van der Waals surface area contributed by atoms with Crippen molar-refractivity contribution in [3.8, 4) is 0 Å². The lowest BCUT2D eigenvalue weighted by atomic mass is 9.85. The van der Waals surface area contributed by atoms with Crippen molar-refractivity contribution in [3.63, 3.8) is 0 Å². The van der Waals surface area contributed by atoms with Gasteiger partial charge in [-0.1, -0.05) is 18.6 Å². The predicted octanol–water partition coefficient (Wildman–Crippen LogP) is 1.24. The summed E-state index contributed by atoms with van der Waals surface area (Å²) < 4.78 is 0. The van der Waals surface area contributed by atoms with E-state index in [4.69, 9.17) is 0 Å². The normalized spacial score (nSPS) is 41.4. The SMILES string of the molecule is O=C1[C@@H]2[C@H](C(=O)N1CN1CCCCC1)[C@@H]1C=C[C@@H]2C1. The van der Waals surface area contributed by atoms with E-state index in [0.29, 0.717) is 18.5 Å². The third-order valence-corrected chi connectivity index (χ3v) is 5.35. The summed E-state index contributed by atoms with van der Waals surface area (Å²) >= 11 is 0. The zero-order valence-corrected chi connectivity index (χ0v) is 11.1. The van der Waals surface area contributed by atoms with E-state index in [1.54, 1.807) is 4.90 Å². The molecule has 0 aromatic carbocycles. The predicted molar refractivity (Wildman–Crippen MR) is 69.9 cm³/mol. The van der Waals surface area contributed by atoms with Crippen molar-refractivity contribution in [2.45, 2.75) is 25.7 Å². The highest BCUT2D eigenvalue weighted by Crippen LogP contribution is 2.52. The first-order valence-electron chi connectivity index (χ1n) is 7.51. The van der Waals surface area contributed by atoms with Gasteiger partial charge in [-0.05, 0) is 44.2 Å². The van der Waals surface area contributed by atoms with Crippen LogP contribution in [0.25, 0.3) is 0 Å². The Labute approximate surface area is 113 Å². The van der Waals surface area contributed by atoms with Crippen molar-refractivity contribution < 1.29 is 9.59 Å². The zero-order valence-electron chi connectivity index (χ0n) is 11.1. The van der Waals surface area contributed by atoms with Gasteiger partial charge in [-0.3, -0.25) is 19.4 Å². The molecule has 4 rings (SSSR count). The maximum Gasteiger partial charge on any atom is 0.234 e. The number of nitrogens with zero attached hydrogens (tertiary/aromatic N) is 2. The van der Waals surface area contributed by atoms with Crippen LogP contribution < -0.4 is 0 Å². The summed E-state index contributed by atoms with van der Waals surface area (Å²) in [6, 6.07) is 0. The molecule has 0 N–H and O–H groups in total. The number of rotatable bonds is 2. The van der Waals surface area contributed by atoms with E-state index in [1.807, 2.05) is 0 Å². The van der Waals surface area contributed by atoms with E-state index in [1.165, 1.54) is 19.3 Å². The monoisotopic (exact) mass is 260 g/mol. The molecule has 2 bridgehead atoms.